The standard InChI is InChI=1S/C18H16FN3O2/c19-15-9-13-5-4-8-21-18(13)14(10-15)11-24-22-17(20)12-23-16-6-2-1-3-7-16/h1-10H,11-12H2,(H2,20,22). The molecule has 2 N–H and O–H groups in total. The Labute approximate surface area is 138 Å². The Morgan fingerprint density at radius 2 is 1.96 bits per heavy atom. The third-order valence-corrected chi connectivity index (χ3v) is 3.28. The van der Waals surface area contributed by atoms with Crippen LogP contribution in [0.4, 0.5) is 4.39 Å². The number of pyridine rings is 1. The number of benzene rings is 2. The van der Waals surface area contributed by atoms with Crippen LogP contribution in [0, 0.1) is 5.82 Å². The first-order chi connectivity index (χ1) is 11.7. The molecule has 0 bridgehead atoms. The molecule has 5 nitrogen and oxygen atoms in total. The molecule has 0 spiro atoms. The van der Waals surface area contributed by atoms with Gasteiger partial charge < -0.3 is 15.3 Å². The molecule has 0 amide bonds. The Hall–Kier alpha value is -3.15. The SMILES string of the molecule is N/C(COc1ccccc1)=N\OCc1cc(F)cc2cccnc12. The van der Waals surface area contributed by atoms with Crippen molar-refractivity contribution < 1.29 is 14.0 Å². The molecular formula is C18H16FN3O2. The second-order valence-corrected chi connectivity index (χ2v) is 5.10. The fourth-order valence-corrected chi connectivity index (χ4v) is 2.22. The van der Waals surface area contributed by atoms with Gasteiger partial charge in [0.1, 0.15) is 24.8 Å². The van der Waals surface area contributed by atoms with Gasteiger partial charge in [0.15, 0.2) is 5.84 Å². The summed E-state index contributed by atoms with van der Waals surface area (Å²) in [5.41, 5.74) is 7.02. The normalized spacial score (nSPS) is 11.5. The summed E-state index contributed by atoms with van der Waals surface area (Å²) in [4.78, 5) is 9.45. The summed E-state index contributed by atoms with van der Waals surface area (Å²) in [6.07, 6.45) is 1.65. The topological polar surface area (TPSA) is 69.7 Å². The summed E-state index contributed by atoms with van der Waals surface area (Å²) in [7, 11) is 0. The zero-order valence-corrected chi connectivity index (χ0v) is 12.9. The molecule has 0 aliphatic heterocycles. The highest BCUT2D eigenvalue weighted by Crippen LogP contribution is 2.19. The molecule has 24 heavy (non-hydrogen) atoms. The molecule has 0 atom stereocenters. The molecule has 122 valence electrons. The van der Waals surface area contributed by atoms with Crippen LogP contribution in [-0.2, 0) is 11.4 Å². The third-order valence-electron chi connectivity index (χ3n) is 3.28. The van der Waals surface area contributed by atoms with E-state index in [1.54, 1.807) is 18.3 Å². The highest BCUT2D eigenvalue weighted by atomic mass is 19.1. The zero-order valence-electron chi connectivity index (χ0n) is 12.9. The van der Waals surface area contributed by atoms with Crippen molar-refractivity contribution in [1.82, 2.24) is 4.98 Å². The van der Waals surface area contributed by atoms with Crippen LogP contribution in [0.3, 0.4) is 0 Å². The molecule has 0 fully saturated rings. The minimum absolute atomic E-state index is 0.0668. The van der Waals surface area contributed by atoms with E-state index in [0.29, 0.717) is 22.2 Å². The smallest absolute Gasteiger partial charge is 0.177 e. The minimum Gasteiger partial charge on any atom is -0.486 e. The molecular weight excluding hydrogens is 309 g/mol. The molecule has 2 aromatic carbocycles. The molecule has 0 unspecified atom stereocenters. The molecule has 0 saturated heterocycles. The molecule has 0 saturated carbocycles. The van der Waals surface area contributed by atoms with Crippen molar-refractivity contribution in [3.8, 4) is 5.75 Å². The second kappa shape index (κ2) is 7.41. The zero-order chi connectivity index (χ0) is 16.8. The van der Waals surface area contributed by atoms with E-state index in [2.05, 4.69) is 10.1 Å². The lowest BCUT2D eigenvalue weighted by atomic mass is 10.1. The Bertz CT molecular complexity index is 853. The second-order valence-electron chi connectivity index (χ2n) is 5.10. The monoisotopic (exact) mass is 325 g/mol. The number of fused-ring (bicyclic) bond motifs is 1. The van der Waals surface area contributed by atoms with Crippen LogP contribution in [0.25, 0.3) is 10.9 Å². The molecule has 3 aromatic rings. The summed E-state index contributed by atoms with van der Waals surface area (Å²) >= 11 is 0. The number of ether oxygens (including phenoxy) is 1. The van der Waals surface area contributed by atoms with E-state index in [0.717, 1.165) is 0 Å². The number of aromatic nitrogens is 1. The summed E-state index contributed by atoms with van der Waals surface area (Å²) in [5.74, 6) is 0.530. The van der Waals surface area contributed by atoms with Crippen LogP contribution < -0.4 is 10.5 Å². The van der Waals surface area contributed by atoms with Crippen molar-refractivity contribution >= 4 is 16.7 Å². The predicted octanol–water partition coefficient (Wildman–Crippen LogP) is 3.24. The van der Waals surface area contributed by atoms with Crippen LogP contribution in [-0.4, -0.2) is 17.4 Å². The van der Waals surface area contributed by atoms with Gasteiger partial charge >= 0.3 is 0 Å². The lowest BCUT2D eigenvalue weighted by Gasteiger charge is -2.07. The molecule has 0 radical (unpaired) electrons. The van der Waals surface area contributed by atoms with Gasteiger partial charge in [0.2, 0.25) is 0 Å². The van der Waals surface area contributed by atoms with Crippen molar-refractivity contribution in [2.75, 3.05) is 6.61 Å². The number of nitrogens with two attached hydrogens (primary N) is 1. The number of hydrogen-bond acceptors (Lipinski definition) is 4. The first kappa shape index (κ1) is 15.7. The van der Waals surface area contributed by atoms with Crippen LogP contribution >= 0.6 is 0 Å². The van der Waals surface area contributed by atoms with Crippen molar-refractivity contribution in [2.24, 2.45) is 10.9 Å². The lowest BCUT2D eigenvalue weighted by Crippen LogP contribution is -2.21. The Kier molecular flexibility index (Phi) is 4.86. The van der Waals surface area contributed by atoms with E-state index in [4.69, 9.17) is 15.3 Å². The molecule has 0 aliphatic carbocycles. The third kappa shape index (κ3) is 3.98. The first-order valence-corrected chi connectivity index (χ1v) is 7.37. The van der Waals surface area contributed by atoms with Gasteiger partial charge in [-0.2, -0.15) is 0 Å². The first-order valence-electron chi connectivity index (χ1n) is 7.37. The van der Waals surface area contributed by atoms with Gasteiger partial charge in [0, 0.05) is 17.1 Å². The van der Waals surface area contributed by atoms with E-state index in [1.165, 1.54) is 12.1 Å². The molecule has 0 aliphatic rings. The highest BCUT2D eigenvalue weighted by molar-refractivity contribution is 5.82. The van der Waals surface area contributed by atoms with Gasteiger partial charge in [-0.3, -0.25) is 4.98 Å². The van der Waals surface area contributed by atoms with Crippen LogP contribution in [0.2, 0.25) is 0 Å². The van der Waals surface area contributed by atoms with Crippen molar-refractivity contribution in [1.29, 1.82) is 0 Å². The Morgan fingerprint density at radius 1 is 1.12 bits per heavy atom. The maximum atomic E-state index is 13.6. The number of amidine groups is 1. The van der Waals surface area contributed by atoms with Crippen LogP contribution in [0.5, 0.6) is 5.75 Å². The maximum absolute atomic E-state index is 13.6. The van der Waals surface area contributed by atoms with Crippen molar-refractivity contribution in [3.63, 3.8) is 0 Å². The molecule has 1 heterocycles. The van der Waals surface area contributed by atoms with E-state index in [-0.39, 0.29) is 24.9 Å². The van der Waals surface area contributed by atoms with Gasteiger partial charge in [-0.05, 0) is 30.3 Å². The van der Waals surface area contributed by atoms with Crippen molar-refractivity contribution in [3.05, 3.63) is 72.2 Å². The number of nitrogens with zero attached hydrogens (tertiary/aromatic N) is 2. The van der Waals surface area contributed by atoms with E-state index in [9.17, 15) is 4.39 Å². The fourth-order valence-electron chi connectivity index (χ4n) is 2.22. The van der Waals surface area contributed by atoms with Gasteiger partial charge in [0.25, 0.3) is 0 Å². The number of oxime groups is 1. The van der Waals surface area contributed by atoms with Gasteiger partial charge in [-0.1, -0.05) is 29.4 Å². The number of para-hydroxylation sites is 1. The quantitative estimate of drug-likeness (QED) is 0.429. The fraction of sp³-hybridized carbons (Fsp3) is 0.111. The Balaban J connectivity index is 1.61. The average Bonchev–Trinajstić information content (AvgIpc) is 2.60. The minimum atomic E-state index is -0.349. The number of hydrogen-bond donors (Lipinski definition) is 1. The van der Waals surface area contributed by atoms with Crippen LogP contribution in [0.1, 0.15) is 5.56 Å². The summed E-state index contributed by atoms with van der Waals surface area (Å²) < 4.78 is 19.1. The average molecular weight is 325 g/mol. The summed E-state index contributed by atoms with van der Waals surface area (Å²) in [6.45, 7) is 0.170. The summed E-state index contributed by atoms with van der Waals surface area (Å²) in [6, 6.07) is 15.6. The predicted molar refractivity (Wildman–Crippen MR) is 90.0 cm³/mol. The van der Waals surface area contributed by atoms with E-state index < -0.39 is 0 Å². The number of rotatable bonds is 6. The van der Waals surface area contributed by atoms with Crippen LogP contribution in [0.15, 0.2) is 65.9 Å². The van der Waals surface area contributed by atoms with Crippen molar-refractivity contribution in [2.45, 2.75) is 6.61 Å². The largest absolute Gasteiger partial charge is 0.486 e. The van der Waals surface area contributed by atoms with Gasteiger partial charge in [-0.25, -0.2) is 4.39 Å². The molecule has 3 rings (SSSR count). The lowest BCUT2D eigenvalue weighted by molar-refractivity contribution is 0.129. The van der Waals surface area contributed by atoms with Gasteiger partial charge in [0.05, 0.1) is 5.52 Å². The van der Waals surface area contributed by atoms with E-state index >= 15 is 0 Å². The van der Waals surface area contributed by atoms with E-state index in [1.807, 2.05) is 30.3 Å². The maximum Gasteiger partial charge on any atom is 0.177 e. The molecule has 6 heteroatoms. The summed E-state index contributed by atoms with van der Waals surface area (Å²) in [5, 5.41) is 4.50. The highest BCUT2D eigenvalue weighted by Gasteiger charge is 2.06. The molecule has 1 aromatic heterocycles. The number of halogens is 1. The Morgan fingerprint density at radius 3 is 2.79 bits per heavy atom. The van der Waals surface area contributed by atoms with Gasteiger partial charge in [-0.15, -0.1) is 0 Å².